The van der Waals surface area contributed by atoms with Crippen LogP contribution in [0.4, 0.5) is 18.2 Å². The molecule has 1 unspecified atom stereocenters. The fourth-order valence-electron chi connectivity index (χ4n) is 10.9. The van der Waals surface area contributed by atoms with Crippen LogP contribution in [0.2, 0.25) is 0 Å². The van der Waals surface area contributed by atoms with Crippen molar-refractivity contribution in [3.05, 3.63) is 238 Å². The molecule has 22 nitrogen and oxygen atoms in total. The first-order valence-electron chi connectivity index (χ1n) is 39.1. The second-order valence-corrected chi connectivity index (χ2v) is 34.8. The minimum absolute atomic E-state index is 0.135. The molecule has 13 aromatic rings. The number of carbonyl (C=O) groups is 5. The number of hydrogen-bond donors (Lipinski definition) is 0. The van der Waals surface area contributed by atoms with Gasteiger partial charge in [0.25, 0.3) is 0 Å². The molecule has 1 atom stereocenters. The van der Waals surface area contributed by atoms with E-state index < -0.39 is 53.6 Å². The molecule has 0 bridgehead atoms. The van der Waals surface area contributed by atoms with E-state index in [1.165, 1.54) is 64.6 Å². The minimum Gasteiger partial charge on any atom is -0.494 e. The molecule has 0 saturated carbocycles. The van der Waals surface area contributed by atoms with Gasteiger partial charge in [-0.05, 0) is 240 Å². The van der Waals surface area contributed by atoms with Gasteiger partial charge < -0.3 is 57.0 Å². The third-order valence-corrected chi connectivity index (χ3v) is 23.6. The Balaban J connectivity index is 0.000000161. The number of alkyl halides is 3. The largest absolute Gasteiger partial charge is 0.494 e. The average Bonchev–Trinajstić information content (AvgIpc) is 1.65. The van der Waals surface area contributed by atoms with Gasteiger partial charge in [0.1, 0.15) is 84.2 Å². The smallest absolute Gasteiger partial charge is 0.425 e. The summed E-state index contributed by atoms with van der Waals surface area (Å²) in [5.41, 5.74) is 8.23. The Morgan fingerprint density at radius 3 is 1.08 bits per heavy atom. The summed E-state index contributed by atoms with van der Waals surface area (Å²) in [6, 6.07) is 43.7. The molecule has 1 saturated heterocycles. The molecule has 1 fully saturated rings. The maximum Gasteiger partial charge on any atom is 0.425 e. The number of hydrogen-bond acceptors (Lipinski definition) is 30. The van der Waals surface area contributed by atoms with Gasteiger partial charge in [-0.15, -0.1) is 45.3 Å². The fraction of sp³-hybridized carbons (Fsp3) is 0.311. The number of benzene rings is 5. The highest BCUT2D eigenvalue weighted by Crippen LogP contribution is 2.39. The van der Waals surface area contributed by atoms with Crippen LogP contribution in [0, 0.1) is 5.92 Å². The SMILES string of the molecule is CC(C)Oc1ccc(-c2nc(C(=O)OCc3ccsc3)cs2)cc1.CCCOc1ccc(-c2nc(C(=O)OCc3ccsc3)cs2)cc1.CCOc1ccc(-c2nc(C(=O)OC(C(C)C)C(F)(F)F)cs2)cc1.CCOc1ccc(-c2nc(C(=O)OC(C)(C)C)c(N3CCOCC3)s2)cc1.CCOc1ccc(-c2nc(C(=O)OCc3ccsc3)cs2)cc1. The van der Waals surface area contributed by atoms with E-state index in [1.54, 1.807) is 74.4 Å². The predicted octanol–water partition coefficient (Wildman–Crippen LogP) is 23.6. The molecule has 9 heterocycles. The zero-order valence-electron chi connectivity index (χ0n) is 69.4. The van der Waals surface area contributed by atoms with Crippen LogP contribution in [-0.4, -0.2) is 131 Å². The van der Waals surface area contributed by atoms with Gasteiger partial charge in [-0.25, -0.2) is 48.9 Å². The van der Waals surface area contributed by atoms with Gasteiger partial charge in [-0.3, -0.25) is 0 Å². The second kappa shape index (κ2) is 47.2. The summed E-state index contributed by atoms with van der Waals surface area (Å²) in [6.45, 7) is 26.2. The lowest BCUT2D eigenvalue weighted by Gasteiger charge is -2.28. The topological polar surface area (TPSA) is 255 Å². The van der Waals surface area contributed by atoms with E-state index in [9.17, 15) is 37.1 Å². The Hall–Kier alpha value is -10.8. The number of nitrogens with zero attached hydrogens (tertiary/aromatic N) is 6. The molecule has 1 aliphatic rings. The van der Waals surface area contributed by atoms with Crippen LogP contribution >= 0.6 is 90.7 Å². The summed E-state index contributed by atoms with van der Waals surface area (Å²) in [6.07, 6.45) is -5.65. The van der Waals surface area contributed by atoms with Crippen LogP contribution in [0.3, 0.4) is 0 Å². The molecule has 0 spiro atoms. The van der Waals surface area contributed by atoms with Crippen LogP contribution in [0.25, 0.3) is 52.9 Å². The van der Waals surface area contributed by atoms with Crippen molar-refractivity contribution in [2.45, 2.75) is 126 Å². The monoisotopic (exact) mass is 1830 g/mol. The van der Waals surface area contributed by atoms with Crippen LogP contribution in [-0.2, 0) is 48.2 Å². The Bertz CT molecular complexity index is 5370. The molecule has 5 aromatic carbocycles. The molecule has 14 rings (SSSR count). The second-order valence-electron chi connectivity index (χ2n) is 28.1. The Morgan fingerprint density at radius 2 is 0.772 bits per heavy atom. The molecular formula is C90H93F3N6O16S8. The first-order chi connectivity index (χ1) is 59.2. The molecule has 33 heteroatoms. The minimum atomic E-state index is -4.61. The fourth-order valence-corrected chi connectivity index (χ4v) is 17.1. The zero-order chi connectivity index (χ0) is 87.8. The van der Waals surface area contributed by atoms with Gasteiger partial charge in [0.05, 0.1) is 45.7 Å². The maximum atomic E-state index is 12.9. The molecular weight excluding hydrogens is 1730 g/mol. The summed E-state index contributed by atoms with van der Waals surface area (Å²) in [7, 11) is 0. The number of thiophene rings is 3. The lowest BCUT2D eigenvalue weighted by atomic mass is 10.1. The number of carbonyl (C=O) groups excluding carboxylic acids is 5. The highest BCUT2D eigenvalue weighted by atomic mass is 32.1. The average molecular weight is 1830 g/mol. The quantitative estimate of drug-likeness (QED) is 0.0299. The van der Waals surface area contributed by atoms with Crippen LogP contribution < -0.4 is 28.6 Å². The summed E-state index contributed by atoms with van der Waals surface area (Å²) < 4.78 is 97.6. The lowest BCUT2D eigenvalue weighted by Crippen LogP contribution is -2.38. The molecule has 0 N–H and O–H groups in total. The van der Waals surface area contributed by atoms with Gasteiger partial charge in [0.15, 0.2) is 34.6 Å². The standard InChI is InChI=1S/C20H26N2O4S.2C18H17NO3S2.C17H18F3NO3S.C17H15NO3S2/c1-5-25-15-8-6-14(7-9-15)17-21-16(19(23)26-20(2,3)4)18(27-17)22-10-12-24-13-11-22;1-12(2)22-15-5-3-14(4-6-15)17-19-16(11-24-17)18(20)21-9-13-7-8-23-10-13;1-2-8-21-15-5-3-14(4-6-15)17-19-16(12-24-17)18(20)22-10-13-7-9-23-11-13;1-4-23-12-7-5-11(6-8-12)15-21-13(9-25-15)16(22)24-14(10(2)3)17(18,19)20;1-2-20-14-5-3-13(4-6-14)16-18-15(11-23-16)17(19)21-9-12-7-8-22-10-12/h6-9H,5,10-13H2,1-4H3;3-8,10-12H,9H2,1-2H3;3-7,9,11-12H,2,8,10H2,1H3;5-10,14H,4H2,1-3H3;3-8,10-11H,2,9H2,1H3. The Morgan fingerprint density at radius 1 is 0.431 bits per heavy atom. The van der Waals surface area contributed by atoms with Gasteiger partial charge >= 0.3 is 36.0 Å². The van der Waals surface area contributed by atoms with Crippen molar-refractivity contribution in [3.63, 3.8) is 0 Å². The van der Waals surface area contributed by atoms with Crippen molar-refractivity contribution in [1.29, 1.82) is 0 Å². The van der Waals surface area contributed by atoms with Crippen molar-refractivity contribution in [1.82, 2.24) is 24.9 Å². The highest BCUT2D eigenvalue weighted by Gasteiger charge is 2.45. The molecule has 8 aromatic heterocycles. The molecule has 1 aliphatic heterocycles. The van der Waals surface area contributed by atoms with Crippen LogP contribution in [0.5, 0.6) is 28.7 Å². The third-order valence-electron chi connectivity index (χ3n) is 16.6. The highest BCUT2D eigenvalue weighted by molar-refractivity contribution is 7.19. The molecule has 0 radical (unpaired) electrons. The van der Waals surface area contributed by atoms with Crippen molar-refractivity contribution in [2.24, 2.45) is 5.92 Å². The van der Waals surface area contributed by atoms with Gasteiger partial charge in [0, 0.05) is 79.1 Å². The van der Waals surface area contributed by atoms with Crippen molar-refractivity contribution in [2.75, 3.05) is 57.6 Å². The number of rotatable bonds is 30. The first kappa shape index (κ1) is 94.5. The van der Waals surface area contributed by atoms with E-state index in [2.05, 4.69) is 41.5 Å². The number of esters is 5. The number of halogens is 3. The van der Waals surface area contributed by atoms with E-state index in [1.807, 2.05) is 203 Å². The summed E-state index contributed by atoms with van der Waals surface area (Å²) in [5.74, 6) is 0.456. The molecule has 648 valence electrons. The van der Waals surface area contributed by atoms with Crippen molar-refractivity contribution < 1.29 is 89.2 Å². The lowest BCUT2D eigenvalue weighted by molar-refractivity contribution is -0.216. The predicted molar refractivity (Wildman–Crippen MR) is 481 cm³/mol. The van der Waals surface area contributed by atoms with E-state index in [4.69, 9.17) is 47.4 Å². The molecule has 123 heavy (non-hydrogen) atoms. The van der Waals surface area contributed by atoms with Crippen molar-refractivity contribution in [3.8, 4) is 81.6 Å². The van der Waals surface area contributed by atoms with Crippen molar-refractivity contribution >= 4 is 126 Å². The Labute approximate surface area is 744 Å². The van der Waals surface area contributed by atoms with Crippen LogP contribution in [0.15, 0.2) is 193 Å². The van der Waals surface area contributed by atoms with Gasteiger partial charge in [-0.1, -0.05) is 32.1 Å². The number of ether oxygens (including phenoxy) is 11. The van der Waals surface area contributed by atoms with Gasteiger partial charge in [-0.2, -0.15) is 47.2 Å². The Kier molecular flexibility index (Phi) is 36.3. The summed E-state index contributed by atoms with van der Waals surface area (Å²) in [5, 5.41) is 22.8. The maximum absolute atomic E-state index is 12.9. The van der Waals surface area contributed by atoms with E-state index >= 15 is 0 Å². The third kappa shape index (κ3) is 29.8. The molecule has 0 amide bonds. The van der Waals surface area contributed by atoms with Gasteiger partial charge in [0.2, 0.25) is 0 Å². The first-order valence-corrected chi connectivity index (χ1v) is 46.3. The van der Waals surface area contributed by atoms with E-state index in [0.717, 1.165) is 123 Å². The van der Waals surface area contributed by atoms with E-state index in [-0.39, 0.29) is 31.6 Å². The number of aromatic nitrogens is 5. The summed E-state index contributed by atoms with van der Waals surface area (Å²) >= 11 is 11.7. The van der Waals surface area contributed by atoms with E-state index in [0.29, 0.717) is 73.2 Å². The number of morpholine rings is 1. The normalized spacial score (nSPS) is 12.0. The van der Waals surface area contributed by atoms with Crippen LogP contribution in [0.1, 0.15) is 152 Å². The summed E-state index contributed by atoms with van der Waals surface area (Å²) in [4.78, 5) is 84.9. The molecule has 0 aliphatic carbocycles. The number of anilines is 1. The number of thiazole rings is 5. The zero-order valence-corrected chi connectivity index (χ0v) is 75.9.